The first-order valence-corrected chi connectivity index (χ1v) is 7.24. The van der Waals surface area contributed by atoms with Crippen LogP contribution in [0.3, 0.4) is 0 Å². The fraction of sp³-hybridized carbons (Fsp3) is 0.533. The second-order valence-electron chi connectivity index (χ2n) is 4.79. The molecule has 0 unspecified atom stereocenters. The highest BCUT2D eigenvalue weighted by molar-refractivity contribution is 14.0. The van der Waals surface area contributed by atoms with Gasteiger partial charge in [-0.1, -0.05) is 18.2 Å². The molecule has 0 amide bonds. The number of benzene rings is 1. The van der Waals surface area contributed by atoms with Gasteiger partial charge in [0.15, 0.2) is 5.96 Å². The Hall–Kier alpha value is -1.06. The van der Waals surface area contributed by atoms with Gasteiger partial charge in [-0.15, -0.1) is 24.0 Å². The van der Waals surface area contributed by atoms with Crippen LogP contribution in [0.25, 0.3) is 0 Å². The molecule has 23 heavy (non-hydrogen) atoms. The van der Waals surface area contributed by atoms with Gasteiger partial charge in [0.05, 0.1) is 6.54 Å². The number of aliphatic imine (C=N–C) groups is 1. The summed E-state index contributed by atoms with van der Waals surface area (Å²) in [6.07, 6.45) is -4.42. The SMILES string of the molecule is CCNC(=NCc1ccccc1F)NCCCCC(F)(F)F.I. The topological polar surface area (TPSA) is 36.4 Å². The number of hydrogen-bond acceptors (Lipinski definition) is 1. The van der Waals surface area contributed by atoms with Gasteiger partial charge in [-0.3, -0.25) is 0 Å². The molecule has 0 atom stereocenters. The molecule has 2 N–H and O–H groups in total. The minimum absolute atomic E-state index is 0. The van der Waals surface area contributed by atoms with Gasteiger partial charge < -0.3 is 10.6 Å². The molecular weight excluding hydrogens is 425 g/mol. The molecule has 1 aromatic carbocycles. The minimum atomic E-state index is -4.11. The maximum atomic E-state index is 13.5. The summed E-state index contributed by atoms with van der Waals surface area (Å²) < 4.78 is 49.5. The molecular formula is C15H22F4IN3. The van der Waals surface area contributed by atoms with Crippen molar-refractivity contribution in [1.29, 1.82) is 0 Å². The second-order valence-corrected chi connectivity index (χ2v) is 4.79. The molecule has 0 saturated carbocycles. The summed E-state index contributed by atoms with van der Waals surface area (Å²) in [6, 6.07) is 6.34. The van der Waals surface area contributed by atoms with E-state index in [0.29, 0.717) is 31.0 Å². The number of alkyl halides is 3. The highest BCUT2D eigenvalue weighted by Crippen LogP contribution is 2.21. The standard InChI is InChI=1S/C15H21F4N3.HI/c1-2-20-14(21-10-6-5-9-15(17,18)19)22-11-12-7-3-4-8-13(12)16;/h3-4,7-8H,2,5-6,9-11H2,1H3,(H2,20,21,22);1H. The Morgan fingerprint density at radius 3 is 2.43 bits per heavy atom. The Balaban J connectivity index is 0.00000484. The van der Waals surface area contributed by atoms with Gasteiger partial charge >= 0.3 is 6.18 Å². The largest absolute Gasteiger partial charge is 0.389 e. The average molecular weight is 447 g/mol. The first kappa shape index (κ1) is 21.9. The second kappa shape index (κ2) is 11.5. The van der Waals surface area contributed by atoms with E-state index < -0.39 is 12.6 Å². The van der Waals surface area contributed by atoms with E-state index in [0.717, 1.165) is 0 Å². The van der Waals surface area contributed by atoms with Crippen LogP contribution < -0.4 is 10.6 Å². The normalized spacial score (nSPS) is 11.8. The molecule has 132 valence electrons. The number of rotatable bonds is 7. The molecule has 0 aliphatic heterocycles. The summed E-state index contributed by atoms with van der Waals surface area (Å²) >= 11 is 0. The molecule has 0 radical (unpaired) electrons. The lowest BCUT2D eigenvalue weighted by atomic mass is 10.2. The Kier molecular flexibility index (Phi) is 10.9. The van der Waals surface area contributed by atoms with Crippen LogP contribution in [0.5, 0.6) is 0 Å². The van der Waals surface area contributed by atoms with E-state index >= 15 is 0 Å². The van der Waals surface area contributed by atoms with E-state index in [2.05, 4.69) is 15.6 Å². The predicted octanol–water partition coefficient (Wildman–Crippen LogP) is 4.23. The van der Waals surface area contributed by atoms with E-state index in [9.17, 15) is 17.6 Å². The number of nitrogens with zero attached hydrogens (tertiary/aromatic N) is 1. The first-order chi connectivity index (χ1) is 10.4. The lowest BCUT2D eigenvalue weighted by molar-refractivity contribution is -0.135. The van der Waals surface area contributed by atoms with Crippen LogP contribution >= 0.6 is 24.0 Å². The molecule has 0 bridgehead atoms. The van der Waals surface area contributed by atoms with Crippen molar-refractivity contribution < 1.29 is 17.6 Å². The lowest BCUT2D eigenvalue weighted by Crippen LogP contribution is -2.37. The zero-order valence-corrected chi connectivity index (χ0v) is 15.2. The van der Waals surface area contributed by atoms with E-state index in [1.807, 2.05) is 6.92 Å². The molecule has 0 aliphatic carbocycles. The van der Waals surface area contributed by atoms with E-state index in [1.165, 1.54) is 6.07 Å². The minimum Gasteiger partial charge on any atom is -0.357 e. The lowest BCUT2D eigenvalue weighted by Gasteiger charge is -2.12. The molecule has 0 saturated heterocycles. The maximum absolute atomic E-state index is 13.5. The first-order valence-electron chi connectivity index (χ1n) is 7.24. The number of unbranched alkanes of at least 4 members (excludes halogenated alkanes) is 1. The monoisotopic (exact) mass is 447 g/mol. The summed E-state index contributed by atoms with van der Waals surface area (Å²) in [7, 11) is 0. The van der Waals surface area contributed by atoms with Gasteiger partial charge in [-0.05, 0) is 25.8 Å². The third-order valence-electron chi connectivity index (χ3n) is 2.89. The summed E-state index contributed by atoms with van der Waals surface area (Å²) in [5, 5.41) is 5.92. The van der Waals surface area contributed by atoms with Crippen molar-refractivity contribution in [1.82, 2.24) is 10.6 Å². The molecule has 0 fully saturated rings. The van der Waals surface area contributed by atoms with Crippen molar-refractivity contribution in [3.63, 3.8) is 0 Å². The fourth-order valence-electron chi connectivity index (χ4n) is 1.79. The highest BCUT2D eigenvalue weighted by atomic mass is 127. The van der Waals surface area contributed by atoms with Gasteiger partial charge in [0, 0.05) is 25.1 Å². The van der Waals surface area contributed by atoms with Crippen LogP contribution in [0.2, 0.25) is 0 Å². The molecule has 3 nitrogen and oxygen atoms in total. The zero-order valence-electron chi connectivity index (χ0n) is 12.9. The van der Waals surface area contributed by atoms with Crippen molar-refractivity contribution in [2.24, 2.45) is 4.99 Å². The molecule has 1 rings (SSSR count). The van der Waals surface area contributed by atoms with Crippen LogP contribution in [0, 0.1) is 5.82 Å². The Labute approximate surface area is 151 Å². The summed E-state index contributed by atoms with van der Waals surface area (Å²) in [6.45, 7) is 3.05. The predicted molar refractivity (Wildman–Crippen MR) is 94.5 cm³/mol. The smallest absolute Gasteiger partial charge is 0.357 e. The quantitative estimate of drug-likeness (QED) is 0.216. The average Bonchev–Trinajstić information content (AvgIpc) is 2.44. The summed E-state index contributed by atoms with van der Waals surface area (Å²) in [4.78, 5) is 4.22. The van der Waals surface area contributed by atoms with E-state index in [1.54, 1.807) is 18.2 Å². The molecule has 0 aliphatic rings. The van der Waals surface area contributed by atoms with Gasteiger partial charge in [-0.2, -0.15) is 13.2 Å². The van der Waals surface area contributed by atoms with Crippen LogP contribution in [0.15, 0.2) is 29.3 Å². The molecule has 0 aromatic heterocycles. The maximum Gasteiger partial charge on any atom is 0.389 e. The molecule has 0 heterocycles. The Morgan fingerprint density at radius 1 is 1.13 bits per heavy atom. The van der Waals surface area contributed by atoms with E-state index in [4.69, 9.17) is 0 Å². The number of hydrogen-bond donors (Lipinski definition) is 2. The number of halogens is 5. The van der Waals surface area contributed by atoms with Crippen LogP contribution in [0.4, 0.5) is 17.6 Å². The van der Waals surface area contributed by atoms with Gasteiger partial charge in [0.25, 0.3) is 0 Å². The van der Waals surface area contributed by atoms with E-state index in [-0.39, 0.29) is 42.8 Å². The highest BCUT2D eigenvalue weighted by Gasteiger charge is 2.25. The Morgan fingerprint density at radius 2 is 1.83 bits per heavy atom. The van der Waals surface area contributed by atoms with Crippen molar-refractivity contribution in [3.8, 4) is 0 Å². The number of nitrogens with one attached hydrogen (secondary N) is 2. The van der Waals surface area contributed by atoms with Gasteiger partial charge in [-0.25, -0.2) is 9.38 Å². The van der Waals surface area contributed by atoms with Crippen molar-refractivity contribution in [2.45, 2.75) is 38.9 Å². The summed E-state index contributed by atoms with van der Waals surface area (Å²) in [5.74, 6) is 0.144. The van der Waals surface area contributed by atoms with Gasteiger partial charge in [0.2, 0.25) is 0 Å². The van der Waals surface area contributed by atoms with Crippen LogP contribution in [0.1, 0.15) is 31.7 Å². The number of guanidine groups is 1. The molecule has 0 spiro atoms. The third kappa shape index (κ3) is 10.4. The molecule has 8 heteroatoms. The van der Waals surface area contributed by atoms with Crippen LogP contribution in [-0.2, 0) is 6.54 Å². The van der Waals surface area contributed by atoms with Gasteiger partial charge in [0.1, 0.15) is 5.82 Å². The third-order valence-corrected chi connectivity index (χ3v) is 2.89. The van der Waals surface area contributed by atoms with Crippen molar-refractivity contribution in [3.05, 3.63) is 35.6 Å². The zero-order chi connectivity index (χ0) is 16.4. The Bertz CT molecular complexity index is 478. The molecule has 1 aromatic rings. The van der Waals surface area contributed by atoms with Crippen LogP contribution in [-0.4, -0.2) is 25.2 Å². The van der Waals surface area contributed by atoms with Crippen molar-refractivity contribution >= 4 is 29.9 Å². The van der Waals surface area contributed by atoms with Crippen molar-refractivity contribution in [2.75, 3.05) is 13.1 Å². The summed E-state index contributed by atoms with van der Waals surface area (Å²) in [5.41, 5.74) is 0.469. The fourth-order valence-corrected chi connectivity index (χ4v) is 1.79.